The first-order valence-electron chi connectivity index (χ1n) is 10.8. The van der Waals surface area contributed by atoms with Gasteiger partial charge in [-0.25, -0.2) is 0 Å². The highest BCUT2D eigenvalue weighted by molar-refractivity contribution is 9.10. The fraction of sp³-hybridized carbons (Fsp3) is 0.480. The summed E-state index contributed by atoms with van der Waals surface area (Å²) in [6, 6.07) is 10.9. The number of hydrogen-bond donors (Lipinski definition) is 2. The molecule has 0 spiro atoms. The van der Waals surface area contributed by atoms with E-state index in [0.29, 0.717) is 0 Å². The Labute approximate surface area is 188 Å². The Morgan fingerprint density at radius 3 is 2.34 bits per heavy atom. The van der Waals surface area contributed by atoms with E-state index in [9.17, 15) is 0 Å². The molecule has 0 aromatic heterocycles. The van der Waals surface area contributed by atoms with Crippen LogP contribution in [0.15, 0.2) is 34.8 Å². The molecule has 6 rings (SSSR count). The van der Waals surface area contributed by atoms with Crippen LogP contribution in [0, 0.1) is 38.5 Å². The van der Waals surface area contributed by atoms with E-state index in [1.54, 1.807) is 0 Å². The summed E-state index contributed by atoms with van der Waals surface area (Å²) in [6.07, 6.45) is 6.84. The predicted molar refractivity (Wildman–Crippen MR) is 129 cm³/mol. The van der Waals surface area contributed by atoms with Gasteiger partial charge in [-0.1, -0.05) is 29.8 Å². The Balaban J connectivity index is 1.45. The smallest absolute Gasteiger partial charge is 0.171 e. The Hall–Kier alpha value is -1.39. The second-order valence-electron chi connectivity index (χ2n) is 9.72. The molecule has 2 aromatic rings. The van der Waals surface area contributed by atoms with Gasteiger partial charge in [0, 0.05) is 15.6 Å². The SMILES string of the molecule is Cc1cc(C)c(-c2cccc(Br)c2NC(=S)NC23CC4CC(CC2C4)C3)c(C)c1. The van der Waals surface area contributed by atoms with E-state index in [0.717, 1.165) is 33.0 Å². The average Bonchev–Trinajstić information content (AvgIpc) is 3.00. The first-order chi connectivity index (χ1) is 13.8. The number of thiocarbonyl (C=S) groups is 1. The molecular weight excluding hydrogens is 440 g/mol. The summed E-state index contributed by atoms with van der Waals surface area (Å²) >= 11 is 9.63. The molecule has 0 amide bonds. The second-order valence-corrected chi connectivity index (χ2v) is 11.0. The van der Waals surface area contributed by atoms with E-state index in [2.05, 4.69) is 77.7 Å². The number of aryl methyl sites for hydroxylation is 3. The number of para-hydroxylation sites is 1. The van der Waals surface area contributed by atoms with Crippen molar-refractivity contribution in [2.75, 3.05) is 5.32 Å². The van der Waals surface area contributed by atoms with Crippen molar-refractivity contribution in [3.8, 4) is 11.1 Å². The standard InChI is InChI=1S/C25H29BrN2S/c1-14-7-15(2)22(16(3)8-14)20-5-4-6-21(26)23(20)27-24(29)28-25-12-17-9-18(13-25)11-19(25)10-17/h4-8,17-19H,9-13H2,1-3H3,(H2,27,28,29). The highest BCUT2D eigenvalue weighted by Crippen LogP contribution is 2.60. The Morgan fingerprint density at radius 2 is 1.69 bits per heavy atom. The molecule has 2 aromatic carbocycles. The molecule has 4 fully saturated rings. The Morgan fingerprint density at radius 1 is 1.03 bits per heavy atom. The van der Waals surface area contributed by atoms with Crippen LogP contribution in [-0.2, 0) is 0 Å². The van der Waals surface area contributed by atoms with Gasteiger partial charge in [0.1, 0.15) is 0 Å². The van der Waals surface area contributed by atoms with Crippen molar-refractivity contribution in [2.45, 2.75) is 58.4 Å². The van der Waals surface area contributed by atoms with E-state index >= 15 is 0 Å². The lowest BCUT2D eigenvalue weighted by molar-refractivity contribution is 0.256. The van der Waals surface area contributed by atoms with Crippen LogP contribution in [0.3, 0.4) is 0 Å². The summed E-state index contributed by atoms with van der Waals surface area (Å²) in [5.41, 5.74) is 7.70. The molecule has 0 aliphatic heterocycles. The zero-order valence-electron chi connectivity index (χ0n) is 17.4. The number of anilines is 1. The maximum Gasteiger partial charge on any atom is 0.171 e. The van der Waals surface area contributed by atoms with Crippen molar-refractivity contribution in [3.05, 3.63) is 51.5 Å². The van der Waals surface area contributed by atoms with Crippen LogP contribution >= 0.6 is 28.1 Å². The third-order valence-electron chi connectivity index (χ3n) is 7.55. The minimum atomic E-state index is 0.245. The minimum Gasteiger partial charge on any atom is -0.357 e. The summed E-state index contributed by atoms with van der Waals surface area (Å²) in [5, 5.41) is 8.16. The topological polar surface area (TPSA) is 24.1 Å². The van der Waals surface area contributed by atoms with Gasteiger partial charge in [0.2, 0.25) is 0 Å². The molecule has 152 valence electrons. The lowest BCUT2D eigenvalue weighted by Gasteiger charge is -2.35. The number of hydrogen-bond acceptors (Lipinski definition) is 1. The van der Waals surface area contributed by atoms with Crippen molar-refractivity contribution < 1.29 is 0 Å². The molecule has 0 radical (unpaired) electrons. The molecule has 2 N–H and O–H groups in total. The van der Waals surface area contributed by atoms with Crippen molar-refractivity contribution >= 4 is 38.9 Å². The normalized spacial score (nSPS) is 29.3. The summed E-state index contributed by atoms with van der Waals surface area (Å²) in [5.74, 6) is 2.64. The van der Waals surface area contributed by atoms with Gasteiger partial charge in [0.25, 0.3) is 0 Å². The summed E-state index contributed by atoms with van der Waals surface area (Å²) in [7, 11) is 0. The number of benzene rings is 2. The molecule has 2 nitrogen and oxygen atoms in total. The molecular formula is C25H29BrN2S. The quantitative estimate of drug-likeness (QED) is 0.478. The van der Waals surface area contributed by atoms with Gasteiger partial charge < -0.3 is 10.6 Å². The highest BCUT2D eigenvalue weighted by Gasteiger charge is 2.57. The zero-order chi connectivity index (χ0) is 20.3. The molecule has 0 saturated heterocycles. The van der Waals surface area contributed by atoms with E-state index in [1.807, 2.05) is 0 Å². The second kappa shape index (κ2) is 7.09. The molecule has 4 heteroatoms. The minimum absolute atomic E-state index is 0.245. The van der Waals surface area contributed by atoms with Gasteiger partial charge >= 0.3 is 0 Å². The largest absolute Gasteiger partial charge is 0.357 e. The van der Waals surface area contributed by atoms with Crippen molar-refractivity contribution in [3.63, 3.8) is 0 Å². The van der Waals surface area contributed by atoms with Gasteiger partial charge in [0.05, 0.1) is 5.69 Å². The van der Waals surface area contributed by atoms with Gasteiger partial charge in [0.15, 0.2) is 5.11 Å². The van der Waals surface area contributed by atoms with Gasteiger partial charge in [-0.2, -0.15) is 0 Å². The number of halogens is 1. The van der Waals surface area contributed by atoms with Crippen LogP contribution in [0.1, 0.15) is 48.8 Å². The van der Waals surface area contributed by atoms with Crippen molar-refractivity contribution in [1.82, 2.24) is 5.32 Å². The first-order valence-corrected chi connectivity index (χ1v) is 12.0. The molecule has 4 aliphatic rings. The van der Waals surface area contributed by atoms with Crippen molar-refractivity contribution in [1.29, 1.82) is 0 Å². The Bertz CT molecular complexity index is 961. The fourth-order valence-corrected chi connectivity index (χ4v) is 7.61. The fourth-order valence-electron chi connectivity index (χ4n) is 6.84. The van der Waals surface area contributed by atoms with Crippen LogP contribution in [0.25, 0.3) is 11.1 Å². The molecule has 0 heterocycles. The third-order valence-corrected chi connectivity index (χ3v) is 8.42. The number of nitrogens with one attached hydrogen (secondary N) is 2. The van der Waals surface area contributed by atoms with Crippen molar-refractivity contribution in [2.24, 2.45) is 17.8 Å². The third kappa shape index (κ3) is 3.33. The molecule has 2 atom stereocenters. The Kier molecular flexibility index (Phi) is 4.78. The molecule has 4 aliphatic carbocycles. The molecule has 4 bridgehead atoms. The first kappa shape index (κ1) is 19.6. The lowest BCUT2D eigenvalue weighted by atomic mass is 9.80. The van der Waals surface area contributed by atoms with Gasteiger partial charge in [-0.15, -0.1) is 0 Å². The van der Waals surface area contributed by atoms with Crippen LogP contribution in [0.4, 0.5) is 5.69 Å². The average molecular weight is 469 g/mol. The summed E-state index contributed by atoms with van der Waals surface area (Å²) in [6.45, 7) is 6.55. The molecule has 2 unspecified atom stereocenters. The molecule has 4 saturated carbocycles. The van der Waals surface area contributed by atoms with Gasteiger partial charge in [-0.05, 0) is 122 Å². The summed E-state index contributed by atoms with van der Waals surface area (Å²) in [4.78, 5) is 0. The lowest BCUT2D eigenvalue weighted by Crippen LogP contribution is -2.50. The maximum atomic E-state index is 5.86. The number of rotatable bonds is 3. The zero-order valence-corrected chi connectivity index (χ0v) is 19.8. The van der Waals surface area contributed by atoms with Crippen LogP contribution in [-0.4, -0.2) is 10.7 Å². The summed E-state index contributed by atoms with van der Waals surface area (Å²) < 4.78 is 1.05. The van der Waals surface area contributed by atoms with E-state index < -0.39 is 0 Å². The maximum absolute atomic E-state index is 5.86. The van der Waals surface area contributed by atoms with E-state index in [-0.39, 0.29) is 5.54 Å². The highest BCUT2D eigenvalue weighted by atomic mass is 79.9. The molecule has 29 heavy (non-hydrogen) atoms. The van der Waals surface area contributed by atoms with Crippen LogP contribution in [0.5, 0.6) is 0 Å². The van der Waals surface area contributed by atoms with Crippen LogP contribution < -0.4 is 10.6 Å². The van der Waals surface area contributed by atoms with Gasteiger partial charge in [-0.3, -0.25) is 0 Å². The van der Waals surface area contributed by atoms with E-state index in [4.69, 9.17) is 12.2 Å². The predicted octanol–water partition coefficient (Wildman–Crippen LogP) is 6.91. The monoisotopic (exact) mass is 468 g/mol. The van der Waals surface area contributed by atoms with E-state index in [1.165, 1.54) is 59.9 Å². The van der Waals surface area contributed by atoms with Crippen LogP contribution in [0.2, 0.25) is 0 Å².